The largest absolute Gasteiger partial charge is 0.371 e. The van der Waals surface area contributed by atoms with Crippen molar-refractivity contribution in [3.63, 3.8) is 0 Å². The van der Waals surface area contributed by atoms with Gasteiger partial charge in [0.15, 0.2) is 0 Å². The molecule has 1 aliphatic heterocycles. The van der Waals surface area contributed by atoms with Gasteiger partial charge in [0.1, 0.15) is 5.84 Å². The highest BCUT2D eigenvalue weighted by molar-refractivity contribution is 6.00. The summed E-state index contributed by atoms with van der Waals surface area (Å²) in [5.74, 6) is 1.06. The van der Waals surface area contributed by atoms with E-state index in [0.717, 1.165) is 42.2 Å². The fraction of sp³-hybridized carbons (Fsp3) is 0.389. The third-order valence-corrected chi connectivity index (χ3v) is 4.78. The first-order chi connectivity index (χ1) is 11.4. The van der Waals surface area contributed by atoms with E-state index < -0.39 is 0 Å². The SMILES string of the molecule is c1ccc2c(c1)N=C(NCc1ccnnc1)C1(CCCCC1)N2. The average molecular weight is 307 g/mol. The molecule has 23 heavy (non-hydrogen) atoms. The van der Waals surface area contributed by atoms with Gasteiger partial charge in [0.05, 0.1) is 23.1 Å². The van der Waals surface area contributed by atoms with Crippen LogP contribution in [0.5, 0.6) is 0 Å². The van der Waals surface area contributed by atoms with E-state index in [-0.39, 0.29) is 5.54 Å². The van der Waals surface area contributed by atoms with Gasteiger partial charge in [0.25, 0.3) is 0 Å². The molecule has 4 rings (SSSR count). The van der Waals surface area contributed by atoms with Crippen LogP contribution in [0.15, 0.2) is 47.7 Å². The van der Waals surface area contributed by atoms with Crippen LogP contribution in [-0.4, -0.2) is 21.6 Å². The predicted molar refractivity (Wildman–Crippen MR) is 91.8 cm³/mol. The minimum absolute atomic E-state index is 0.0485. The van der Waals surface area contributed by atoms with Crippen LogP contribution in [0.3, 0.4) is 0 Å². The Morgan fingerprint density at radius 2 is 1.91 bits per heavy atom. The lowest BCUT2D eigenvalue weighted by Crippen LogP contribution is -2.54. The van der Waals surface area contributed by atoms with Gasteiger partial charge in [-0.2, -0.15) is 10.2 Å². The quantitative estimate of drug-likeness (QED) is 0.892. The highest BCUT2D eigenvalue weighted by atomic mass is 15.2. The van der Waals surface area contributed by atoms with Gasteiger partial charge >= 0.3 is 0 Å². The molecule has 1 aromatic carbocycles. The smallest absolute Gasteiger partial charge is 0.128 e. The Kier molecular flexibility index (Phi) is 3.69. The standard InChI is InChI=1S/C18H21N5/c1-4-9-18(10-5-1)17(19-12-14-8-11-20-21-13-14)22-15-6-2-3-7-16(15)23-18/h2-3,6-8,11,13,23H,1,4-5,9-10,12H2,(H,19,22). The number of rotatable bonds is 2. The van der Waals surface area contributed by atoms with Crippen LogP contribution in [0.4, 0.5) is 11.4 Å². The topological polar surface area (TPSA) is 62.2 Å². The molecular weight excluding hydrogens is 286 g/mol. The van der Waals surface area contributed by atoms with Gasteiger partial charge in [-0.1, -0.05) is 31.4 Å². The van der Waals surface area contributed by atoms with Crippen LogP contribution >= 0.6 is 0 Å². The lowest BCUT2D eigenvalue weighted by Gasteiger charge is -2.42. The molecule has 1 aromatic heterocycles. The molecular formula is C18H21N5. The van der Waals surface area contributed by atoms with Crippen LogP contribution in [0, 0.1) is 0 Å². The van der Waals surface area contributed by atoms with Crippen LogP contribution in [0.2, 0.25) is 0 Å². The summed E-state index contributed by atoms with van der Waals surface area (Å²) < 4.78 is 0. The average Bonchev–Trinajstić information content (AvgIpc) is 2.61. The first-order valence-electron chi connectivity index (χ1n) is 8.32. The number of hydrogen-bond acceptors (Lipinski definition) is 5. The maximum Gasteiger partial charge on any atom is 0.128 e. The molecule has 2 aliphatic rings. The van der Waals surface area contributed by atoms with Crippen molar-refractivity contribution in [3.8, 4) is 0 Å². The first kappa shape index (κ1) is 14.2. The molecule has 0 amide bonds. The second kappa shape index (κ2) is 5.99. The van der Waals surface area contributed by atoms with Gasteiger partial charge in [-0.3, -0.25) is 0 Å². The summed E-state index contributed by atoms with van der Waals surface area (Å²) in [4.78, 5) is 4.94. The number of amidine groups is 1. The van der Waals surface area contributed by atoms with Crippen molar-refractivity contribution in [2.75, 3.05) is 5.32 Å². The molecule has 5 heteroatoms. The van der Waals surface area contributed by atoms with Gasteiger partial charge in [-0.15, -0.1) is 0 Å². The van der Waals surface area contributed by atoms with E-state index in [0.29, 0.717) is 0 Å². The zero-order chi connectivity index (χ0) is 15.5. The second-order valence-electron chi connectivity index (χ2n) is 6.35. The van der Waals surface area contributed by atoms with Crippen molar-refractivity contribution in [1.82, 2.24) is 15.5 Å². The summed E-state index contributed by atoms with van der Waals surface area (Å²) in [6.07, 6.45) is 9.57. The zero-order valence-corrected chi connectivity index (χ0v) is 13.1. The maximum absolute atomic E-state index is 4.94. The molecule has 0 saturated heterocycles. The van der Waals surface area contributed by atoms with Crippen LogP contribution < -0.4 is 10.6 Å². The van der Waals surface area contributed by atoms with E-state index in [2.05, 4.69) is 39.0 Å². The molecule has 1 spiro atoms. The summed E-state index contributed by atoms with van der Waals surface area (Å²) in [5.41, 5.74) is 3.23. The molecule has 0 atom stereocenters. The van der Waals surface area contributed by atoms with Crippen molar-refractivity contribution in [2.45, 2.75) is 44.2 Å². The number of fused-ring (bicyclic) bond motifs is 1. The third-order valence-electron chi connectivity index (χ3n) is 4.78. The molecule has 1 fully saturated rings. The maximum atomic E-state index is 4.94. The Hall–Kier alpha value is -2.43. The molecule has 1 saturated carbocycles. The summed E-state index contributed by atoms with van der Waals surface area (Å²) in [6, 6.07) is 10.3. The Morgan fingerprint density at radius 1 is 1.04 bits per heavy atom. The molecule has 2 aromatic rings. The Labute approximate surface area is 136 Å². The van der Waals surface area contributed by atoms with Crippen molar-refractivity contribution < 1.29 is 0 Å². The molecule has 2 N–H and O–H groups in total. The van der Waals surface area contributed by atoms with Crippen molar-refractivity contribution >= 4 is 17.2 Å². The summed E-state index contributed by atoms with van der Waals surface area (Å²) >= 11 is 0. The number of para-hydroxylation sites is 2. The lowest BCUT2D eigenvalue weighted by atomic mass is 9.79. The molecule has 1 aliphatic carbocycles. The Bertz CT molecular complexity index is 704. The summed E-state index contributed by atoms with van der Waals surface area (Å²) in [6.45, 7) is 0.722. The fourth-order valence-corrected chi connectivity index (χ4v) is 3.56. The number of aliphatic imine (C=N–C) groups is 1. The van der Waals surface area contributed by atoms with E-state index in [4.69, 9.17) is 4.99 Å². The highest BCUT2D eigenvalue weighted by Gasteiger charge is 2.40. The van der Waals surface area contributed by atoms with E-state index in [1.807, 2.05) is 12.1 Å². The number of nitrogens with one attached hydrogen (secondary N) is 2. The van der Waals surface area contributed by atoms with Gasteiger partial charge in [-0.25, -0.2) is 4.99 Å². The first-order valence-corrected chi connectivity index (χ1v) is 8.32. The van der Waals surface area contributed by atoms with Gasteiger partial charge < -0.3 is 10.6 Å². The molecule has 0 bridgehead atoms. The number of nitrogens with zero attached hydrogens (tertiary/aromatic N) is 3. The normalized spacial score (nSPS) is 18.7. The molecule has 5 nitrogen and oxygen atoms in total. The number of benzene rings is 1. The number of anilines is 1. The van der Waals surface area contributed by atoms with Crippen molar-refractivity contribution in [1.29, 1.82) is 0 Å². The highest BCUT2D eigenvalue weighted by Crippen LogP contribution is 2.40. The van der Waals surface area contributed by atoms with Gasteiger partial charge in [-0.05, 0) is 36.6 Å². The second-order valence-corrected chi connectivity index (χ2v) is 6.35. The Morgan fingerprint density at radius 3 is 2.74 bits per heavy atom. The minimum Gasteiger partial charge on any atom is -0.371 e. The molecule has 2 heterocycles. The van der Waals surface area contributed by atoms with E-state index in [1.54, 1.807) is 12.4 Å². The molecule has 118 valence electrons. The van der Waals surface area contributed by atoms with Crippen LogP contribution in [0.1, 0.15) is 37.7 Å². The van der Waals surface area contributed by atoms with Crippen molar-refractivity contribution in [2.24, 2.45) is 4.99 Å². The Balaban J connectivity index is 1.63. The third kappa shape index (κ3) is 2.79. The lowest BCUT2D eigenvalue weighted by molar-refractivity contribution is 0.396. The minimum atomic E-state index is -0.0485. The van der Waals surface area contributed by atoms with Crippen molar-refractivity contribution in [3.05, 3.63) is 48.3 Å². The molecule has 0 radical (unpaired) electrons. The van der Waals surface area contributed by atoms with E-state index in [9.17, 15) is 0 Å². The van der Waals surface area contributed by atoms with Crippen LogP contribution in [-0.2, 0) is 6.54 Å². The number of aromatic nitrogens is 2. The monoisotopic (exact) mass is 307 g/mol. The van der Waals surface area contributed by atoms with Crippen LogP contribution in [0.25, 0.3) is 0 Å². The van der Waals surface area contributed by atoms with E-state index >= 15 is 0 Å². The fourth-order valence-electron chi connectivity index (χ4n) is 3.56. The molecule has 0 unspecified atom stereocenters. The van der Waals surface area contributed by atoms with Gasteiger partial charge in [0.2, 0.25) is 0 Å². The summed E-state index contributed by atoms with van der Waals surface area (Å²) in [5, 5.41) is 15.1. The van der Waals surface area contributed by atoms with Gasteiger partial charge in [0, 0.05) is 12.7 Å². The summed E-state index contributed by atoms with van der Waals surface area (Å²) in [7, 11) is 0. The number of hydrogen-bond donors (Lipinski definition) is 2. The predicted octanol–water partition coefficient (Wildman–Crippen LogP) is 3.42. The van der Waals surface area contributed by atoms with E-state index in [1.165, 1.54) is 19.3 Å². The zero-order valence-electron chi connectivity index (χ0n) is 13.1.